The average molecular weight is 445 g/mol. The third kappa shape index (κ3) is 5.35. The van der Waals surface area contributed by atoms with Crippen LogP contribution in [0.15, 0.2) is 46.9 Å². The molecule has 0 spiro atoms. The van der Waals surface area contributed by atoms with Crippen molar-refractivity contribution in [2.45, 2.75) is 45.9 Å². The fourth-order valence-electron chi connectivity index (χ4n) is 3.21. The normalized spacial score (nSPS) is 14.8. The molecule has 0 aliphatic carbocycles. The molecule has 6 heteroatoms. The minimum atomic E-state index is -0.607. The molecule has 2 aromatic carbocycles. The van der Waals surface area contributed by atoms with Crippen molar-refractivity contribution in [1.82, 2.24) is 10.2 Å². The summed E-state index contributed by atoms with van der Waals surface area (Å²) in [5.41, 5.74) is 3.20. The first kappa shape index (κ1) is 20.4. The van der Waals surface area contributed by atoms with Gasteiger partial charge >= 0.3 is 0 Å². The molecule has 148 valence electrons. The van der Waals surface area contributed by atoms with Crippen molar-refractivity contribution in [2.24, 2.45) is 0 Å². The van der Waals surface area contributed by atoms with E-state index in [-0.39, 0.29) is 11.8 Å². The van der Waals surface area contributed by atoms with Crippen LogP contribution in [0.2, 0.25) is 0 Å². The number of halogens is 1. The SMILES string of the molecule is Cc1ccc(OC(C)C(=O)NCc2cccc(CN3CCCC3=O)c2)c(Br)c1. The second-order valence-corrected chi connectivity index (χ2v) is 8.00. The topological polar surface area (TPSA) is 58.6 Å². The van der Waals surface area contributed by atoms with Gasteiger partial charge in [-0.1, -0.05) is 30.3 Å². The fraction of sp³-hybridized carbons (Fsp3) is 0.364. The van der Waals surface area contributed by atoms with Gasteiger partial charge in [0.25, 0.3) is 5.91 Å². The number of aryl methyl sites for hydroxylation is 1. The van der Waals surface area contributed by atoms with Crippen molar-refractivity contribution in [3.63, 3.8) is 0 Å². The second-order valence-electron chi connectivity index (χ2n) is 7.15. The van der Waals surface area contributed by atoms with Gasteiger partial charge in [0.1, 0.15) is 5.75 Å². The summed E-state index contributed by atoms with van der Waals surface area (Å²) in [6.07, 6.45) is 0.971. The molecule has 0 bridgehead atoms. The highest BCUT2D eigenvalue weighted by Gasteiger charge is 2.20. The maximum absolute atomic E-state index is 12.4. The van der Waals surface area contributed by atoms with Crippen molar-refractivity contribution in [2.75, 3.05) is 6.54 Å². The number of hydrogen-bond donors (Lipinski definition) is 1. The Hall–Kier alpha value is -2.34. The number of likely N-dealkylation sites (tertiary alicyclic amines) is 1. The van der Waals surface area contributed by atoms with Crippen molar-refractivity contribution in [3.8, 4) is 5.75 Å². The molecule has 1 aliphatic heterocycles. The summed E-state index contributed by atoms with van der Waals surface area (Å²) in [7, 11) is 0. The second kappa shape index (κ2) is 9.24. The molecule has 2 amide bonds. The molecule has 0 saturated carbocycles. The van der Waals surface area contributed by atoms with Gasteiger partial charge in [0.05, 0.1) is 4.47 Å². The van der Waals surface area contributed by atoms with E-state index in [1.807, 2.05) is 54.3 Å². The molecule has 1 fully saturated rings. The van der Waals surface area contributed by atoms with Crippen LogP contribution in [0.25, 0.3) is 0 Å². The highest BCUT2D eigenvalue weighted by molar-refractivity contribution is 9.10. The summed E-state index contributed by atoms with van der Waals surface area (Å²) in [5.74, 6) is 0.685. The van der Waals surface area contributed by atoms with E-state index in [9.17, 15) is 9.59 Å². The van der Waals surface area contributed by atoms with Gasteiger partial charge in [-0.2, -0.15) is 0 Å². The predicted molar refractivity (Wildman–Crippen MR) is 112 cm³/mol. The summed E-state index contributed by atoms with van der Waals surface area (Å²) in [5, 5.41) is 2.92. The van der Waals surface area contributed by atoms with Gasteiger partial charge in [-0.3, -0.25) is 9.59 Å². The number of hydrogen-bond acceptors (Lipinski definition) is 3. The standard InChI is InChI=1S/C22H25BrN2O3/c1-15-8-9-20(19(23)11-15)28-16(2)22(27)24-13-17-5-3-6-18(12-17)14-25-10-4-7-21(25)26/h3,5-6,8-9,11-12,16H,4,7,10,13-14H2,1-2H3,(H,24,27). The maximum Gasteiger partial charge on any atom is 0.261 e. The van der Waals surface area contributed by atoms with Crippen LogP contribution in [0.4, 0.5) is 0 Å². The zero-order chi connectivity index (χ0) is 20.1. The molecular formula is C22H25BrN2O3. The lowest BCUT2D eigenvalue weighted by molar-refractivity contribution is -0.128. The minimum absolute atomic E-state index is 0.174. The van der Waals surface area contributed by atoms with E-state index in [1.165, 1.54) is 0 Å². The van der Waals surface area contributed by atoms with Crippen LogP contribution in [0.5, 0.6) is 5.75 Å². The van der Waals surface area contributed by atoms with E-state index in [2.05, 4.69) is 21.2 Å². The van der Waals surface area contributed by atoms with E-state index in [0.29, 0.717) is 25.3 Å². The lowest BCUT2D eigenvalue weighted by Crippen LogP contribution is -2.36. The molecular weight excluding hydrogens is 420 g/mol. The Morgan fingerprint density at radius 1 is 1.25 bits per heavy atom. The van der Waals surface area contributed by atoms with E-state index in [1.54, 1.807) is 6.92 Å². The first-order valence-electron chi connectivity index (χ1n) is 9.48. The van der Waals surface area contributed by atoms with Gasteiger partial charge in [-0.25, -0.2) is 0 Å². The molecule has 0 aromatic heterocycles. The van der Waals surface area contributed by atoms with E-state index < -0.39 is 6.10 Å². The molecule has 0 radical (unpaired) electrons. The minimum Gasteiger partial charge on any atom is -0.480 e. The van der Waals surface area contributed by atoms with Crippen LogP contribution in [0.1, 0.15) is 36.5 Å². The van der Waals surface area contributed by atoms with Gasteiger partial charge in [0.2, 0.25) is 5.91 Å². The Morgan fingerprint density at radius 3 is 2.75 bits per heavy atom. The van der Waals surface area contributed by atoms with Crippen molar-refractivity contribution in [3.05, 3.63) is 63.6 Å². The van der Waals surface area contributed by atoms with Crippen LogP contribution in [-0.4, -0.2) is 29.4 Å². The van der Waals surface area contributed by atoms with Crippen LogP contribution in [-0.2, 0) is 22.7 Å². The molecule has 1 unspecified atom stereocenters. The summed E-state index contributed by atoms with van der Waals surface area (Å²) < 4.78 is 6.60. The van der Waals surface area contributed by atoms with E-state index >= 15 is 0 Å². The van der Waals surface area contributed by atoms with Crippen LogP contribution >= 0.6 is 15.9 Å². The Morgan fingerprint density at radius 2 is 2.04 bits per heavy atom. The number of nitrogens with zero attached hydrogens (tertiary/aromatic N) is 1. The summed E-state index contributed by atoms with van der Waals surface area (Å²) in [6.45, 7) is 5.60. The number of benzene rings is 2. The number of rotatable bonds is 7. The maximum atomic E-state index is 12.4. The Labute approximate surface area is 174 Å². The van der Waals surface area contributed by atoms with Crippen molar-refractivity contribution < 1.29 is 14.3 Å². The van der Waals surface area contributed by atoms with E-state index in [4.69, 9.17) is 4.74 Å². The van der Waals surface area contributed by atoms with Crippen LogP contribution < -0.4 is 10.1 Å². The Kier molecular flexibility index (Phi) is 6.73. The summed E-state index contributed by atoms with van der Waals surface area (Å²) in [6, 6.07) is 13.7. The van der Waals surface area contributed by atoms with Gasteiger partial charge < -0.3 is 15.0 Å². The first-order chi connectivity index (χ1) is 13.4. The lowest BCUT2D eigenvalue weighted by atomic mass is 10.1. The van der Waals surface area contributed by atoms with Gasteiger partial charge in [0.15, 0.2) is 6.10 Å². The third-order valence-corrected chi connectivity index (χ3v) is 5.38. The smallest absolute Gasteiger partial charge is 0.261 e. The van der Waals surface area contributed by atoms with Crippen LogP contribution in [0.3, 0.4) is 0 Å². The molecule has 5 nitrogen and oxygen atoms in total. The molecule has 1 heterocycles. The van der Waals surface area contributed by atoms with Gasteiger partial charge in [0, 0.05) is 26.1 Å². The average Bonchev–Trinajstić information content (AvgIpc) is 3.07. The molecule has 3 rings (SSSR count). The third-order valence-electron chi connectivity index (χ3n) is 4.76. The first-order valence-corrected chi connectivity index (χ1v) is 10.3. The fourth-order valence-corrected chi connectivity index (χ4v) is 3.79. The van der Waals surface area contributed by atoms with Crippen molar-refractivity contribution >= 4 is 27.7 Å². The number of nitrogens with one attached hydrogen (secondary N) is 1. The number of amides is 2. The predicted octanol–water partition coefficient (Wildman–Crippen LogP) is 3.96. The zero-order valence-corrected chi connectivity index (χ0v) is 17.8. The van der Waals surface area contributed by atoms with Gasteiger partial charge in [-0.15, -0.1) is 0 Å². The molecule has 1 aliphatic rings. The Balaban J connectivity index is 1.53. The monoisotopic (exact) mass is 444 g/mol. The summed E-state index contributed by atoms with van der Waals surface area (Å²) >= 11 is 3.46. The number of carbonyl (C=O) groups excluding carboxylic acids is 2. The quantitative estimate of drug-likeness (QED) is 0.702. The highest BCUT2D eigenvalue weighted by atomic mass is 79.9. The highest BCUT2D eigenvalue weighted by Crippen LogP contribution is 2.26. The molecule has 2 aromatic rings. The largest absolute Gasteiger partial charge is 0.480 e. The Bertz CT molecular complexity index is 869. The lowest BCUT2D eigenvalue weighted by Gasteiger charge is -2.17. The molecule has 1 N–H and O–H groups in total. The molecule has 1 saturated heterocycles. The van der Waals surface area contributed by atoms with E-state index in [0.717, 1.165) is 34.1 Å². The molecule has 28 heavy (non-hydrogen) atoms. The van der Waals surface area contributed by atoms with Crippen LogP contribution in [0, 0.1) is 6.92 Å². The number of ether oxygens (including phenoxy) is 1. The summed E-state index contributed by atoms with van der Waals surface area (Å²) in [4.78, 5) is 26.1. The zero-order valence-electron chi connectivity index (χ0n) is 16.2. The van der Waals surface area contributed by atoms with Gasteiger partial charge in [-0.05, 0) is 65.0 Å². The number of carbonyl (C=O) groups is 2. The van der Waals surface area contributed by atoms with Crippen molar-refractivity contribution in [1.29, 1.82) is 0 Å². The molecule has 1 atom stereocenters.